The number of nitrogens with zero attached hydrogens (tertiary/aromatic N) is 1. The molecule has 18 heavy (non-hydrogen) atoms. The van der Waals surface area contributed by atoms with Crippen molar-refractivity contribution in [1.29, 1.82) is 0 Å². The first-order valence-corrected chi connectivity index (χ1v) is 5.24. The second-order valence-electron chi connectivity index (χ2n) is 3.86. The van der Waals surface area contributed by atoms with E-state index in [1.807, 2.05) is 0 Å². The predicted molar refractivity (Wildman–Crippen MR) is 65.4 cm³/mol. The van der Waals surface area contributed by atoms with Gasteiger partial charge in [0.1, 0.15) is 17.0 Å². The lowest BCUT2D eigenvalue weighted by atomic mass is 10.1. The van der Waals surface area contributed by atoms with E-state index in [0.29, 0.717) is 34.2 Å². The van der Waals surface area contributed by atoms with Crippen LogP contribution in [0.15, 0.2) is 18.2 Å². The van der Waals surface area contributed by atoms with Gasteiger partial charge in [-0.25, -0.2) is 9.78 Å². The number of fused-ring (bicyclic) bond motifs is 1. The molecule has 0 spiro atoms. The van der Waals surface area contributed by atoms with Gasteiger partial charge in [-0.1, -0.05) is 0 Å². The Balaban J connectivity index is 2.83. The number of rotatable bonds is 3. The third kappa shape index (κ3) is 1.90. The smallest absolute Gasteiger partial charge is 0.335 e. The van der Waals surface area contributed by atoms with Crippen LogP contribution in [0, 0.1) is 6.92 Å². The highest BCUT2D eigenvalue weighted by molar-refractivity contribution is 5.97. The van der Waals surface area contributed by atoms with Crippen LogP contribution < -0.4 is 4.74 Å². The summed E-state index contributed by atoms with van der Waals surface area (Å²) >= 11 is 0. The molecule has 0 saturated carbocycles. The lowest BCUT2D eigenvalue weighted by Gasteiger charge is -2.08. The number of ether oxygens (including phenoxy) is 1. The molecule has 0 aliphatic rings. The Morgan fingerprint density at radius 2 is 2.11 bits per heavy atom. The molecule has 0 aliphatic carbocycles. The first kappa shape index (κ1) is 12.0. The monoisotopic (exact) mass is 245 g/mol. The molecule has 0 unspecified atom stereocenters. The summed E-state index contributed by atoms with van der Waals surface area (Å²) in [4.78, 5) is 26.0. The van der Waals surface area contributed by atoms with Gasteiger partial charge in [-0.3, -0.25) is 4.79 Å². The number of carboxylic acid groups (broad SMARTS) is 1. The van der Waals surface area contributed by atoms with E-state index in [1.54, 1.807) is 13.0 Å². The maximum Gasteiger partial charge on any atom is 0.335 e. The fourth-order valence-electron chi connectivity index (χ4n) is 1.77. The molecule has 1 heterocycles. The van der Waals surface area contributed by atoms with Gasteiger partial charge in [0.2, 0.25) is 0 Å². The number of carbonyl (C=O) groups excluding carboxylic acids is 1. The van der Waals surface area contributed by atoms with Crippen molar-refractivity contribution in [3.8, 4) is 5.75 Å². The SMILES string of the molecule is COc1cc(C(=O)O)cc2cc(C)c(C=O)nc12. The fourth-order valence-corrected chi connectivity index (χ4v) is 1.77. The Bertz CT molecular complexity index is 649. The molecule has 0 aliphatic heterocycles. The molecular weight excluding hydrogens is 234 g/mol. The minimum absolute atomic E-state index is 0.124. The molecule has 1 aromatic heterocycles. The number of pyridine rings is 1. The molecule has 0 bridgehead atoms. The van der Waals surface area contributed by atoms with Crippen molar-refractivity contribution in [2.24, 2.45) is 0 Å². The summed E-state index contributed by atoms with van der Waals surface area (Å²) in [6.07, 6.45) is 0.666. The van der Waals surface area contributed by atoms with Crippen molar-refractivity contribution in [3.63, 3.8) is 0 Å². The number of hydrogen-bond acceptors (Lipinski definition) is 4. The summed E-state index contributed by atoms with van der Waals surface area (Å²) in [6, 6.07) is 4.62. The van der Waals surface area contributed by atoms with Gasteiger partial charge in [-0.05, 0) is 30.7 Å². The average molecular weight is 245 g/mol. The minimum Gasteiger partial charge on any atom is -0.494 e. The standard InChI is InChI=1S/C13H11NO4/c1-7-3-8-4-9(13(16)17)5-11(18-2)12(8)14-10(7)6-15/h3-6H,1-2H3,(H,16,17). The Morgan fingerprint density at radius 1 is 1.39 bits per heavy atom. The second-order valence-corrected chi connectivity index (χ2v) is 3.86. The zero-order valence-corrected chi connectivity index (χ0v) is 9.93. The second kappa shape index (κ2) is 4.44. The van der Waals surface area contributed by atoms with Crippen molar-refractivity contribution in [3.05, 3.63) is 35.0 Å². The largest absolute Gasteiger partial charge is 0.494 e. The van der Waals surface area contributed by atoms with Gasteiger partial charge in [-0.15, -0.1) is 0 Å². The third-order valence-electron chi connectivity index (χ3n) is 2.69. The van der Waals surface area contributed by atoms with Crippen molar-refractivity contribution >= 4 is 23.2 Å². The Hall–Kier alpha value is -2.43. The Kier molecular flexibility index (Phi) is 2.97. The first-order valence-electron chi connectivity index (χ1n) is 5.24. The van der Waals surface area contributed by atoms with Gasteiger partial charge >= 0.3 is 5.97 Å². The zero-order chi connectivity index (χ0) is 13.3. The van der Waals surface area contributed by atoms with Gasteiger partial charge in [0, 0.05) is 5.39 Å². The van der Waals surface area contributed by atoms with Crippen LogP contribution in [0.4, 0.5) is 0 Å². The third-order valence-corrected chi connectivity index (χ3v) is 2.69. The van der Waals surface area contributed by atoms with E-state index in [0.717, 1.165) is 0 Å². The van der Waals surface area contributed by atoms with Gasteiger partial charge in [0.25, 0.3) is 0 Å². The van der Waals surface area contributed by atoms with Crippen LogP contribution in [0.25, 0.3) is 10.9 Å². The van der Waals surface area contributed by atoms with E-state index in [4.69, 9.17) is 9.84 Å². The summed E-state index contributed by atoms with van der Waals surface area (Å²) in [5.74, 6) is -0.694. The van der Waals surface area contributed by atoms with Crippen molar-refractivity contribution in [2.75, 3.05) is 7.11 Å². The predicted octanol–water partition coefficient (Wildman–Crippen LogP) is 2.06. The van der Waals surface area contributed by atoms with Crippen molar-refractivity contribution in [1.82, 2.24) is 4.98 Å². The molecule has 2 rings (SSSR count). The van der Waals surface area contributed by atoms with Crippen molar-refractivity contribution in [2.45, 2.75) is 6.92 Å². The number of aromatic nitrogens is 1. The lowest BCUT2D eigenvalue weighted by molar-refractivity contribution is 0.0696. The van der Waals surface area contributed by atoms with Gasteiger partial charge in [-0.2, -0.15) is 0 Å². The Labute approximate surface area is 103 Å². The molecule has 1 N–H and O–H groups in total. The number of carboxylic acids is 1. The molecule has 0 amide bonds. The summed E-state index contributed by atoms with van der Waals surface area (Å²) in [5.41, 5.74) is 1.63. The van der Waals surface area contributed by atoms with E-state index < -0.39 is 5.97 Å². The number of hydrogen-bond donors (Lipinski definition) is 1. The molecule has 5 heteroatoms. The minimum atomic E-state index is -1.03. The lowest BCUT2D eigenvalue weighted by Crippen LogP contribution is -2.00. The van der Waals surface area contributed by atoms with Crippen LogP contribution in [-0.4, -0.2) is 29.5 Å². The van der Waals surface area contributed by atoms with Crippen LogP contribution in [0.5, 0.6) is 5.75 Å². The molecule has 92 valence electrons. The summed E-state index contributed by atoms with van der Waals surface area (Å²) in [7, 11) is 1.43. The normalized spacial score (nSPS) is 10.3. The van der Waals surface area contributed by atoms with Crippen LogP contribution in [0.3, 0.4) is 0 Å². The van der Waals surface area contributed by atoms with Gasteiger partial charge in [0.15, 0.2) is 6.29 Å². The molecule has 5 nitrogen and oxygen atoms in total. The molecule has 0 radical (unpaired) electrons. The Morgan fingerprint density at radius 3 is 2.67 bits per heavy atom. The highest BCUT2D eigenvalue weighted by atomic mass is 16.5. The molecule has 0 saturated heterocycles. The van der Waals surface area contributed by atoms with Crippen LogP contribution in [-0.2, 0) is 0 Å². The number of aryl methyl sites for hydroxylation is 1. The van der Waals surface area contributed by atoms with Crippen LogP contribution in [0.1, 0.15) is 26.4 Å². The van der Waals surface area contributed by atoms with E-state index in [2.05, 4.69) is 4.98 Å². The maximum absolute atomic E-state index is 11.0. The van der Waals surface area contributed by atoms with Gasteiger partial charge < -0.3 is 9.84 Å². The number of carbonyl (C=O) groups is 2. The summed E-state index contributed by atoms with van der Waals surface area (Å²) < 4.78 is 5.12. The van der Waals surface area contributed by atoms with E-state index in [1.165, 1.54) is 19.2 Å². The molecular formula is C13H11NO4. The number of methoxy groups -OCH3 is 1. The molecule has 0 atom stereocenters. The maximum atomic E-state index is 11.0. The van der Waals surface area contributed by atoms with E-state index in [9.17, 15) is 9.59 Å². The summed E-state index contributed by atoms with van der Waals surface area (Å²) in [5, 5.41) is 9.64. The van der Waals surface area contributed by atoms with Crippen LogP contribution >= 0.6 is 0 Å². The highest BCUT2D eigenvalue weighted by Crippen LogP contribution is 2.27. The van der Waals surface area contributed by atoms with E-state index in [-0.39, 0.29) is 5.56 Å². The quantitative estimate of drug-likeness (QED) is 0.837. The van der Waals surface area contributed by atoms with E-state index >= 15 is 0 Å². The number of aromatic carboxylic acids is 1. The number of aldehydes is 1. The average Bonchev–Trinajstić information content (AvgIpc) is 2.36. The van der Waals surface area contributed by atoms with Crippen molar-refractivity contribution < 1.29 is 19.4 Å². The molecule has 1 aromatic carbocycles. The zero-order valence-electron chi connectivity index (χ0n) is 9.93. The van der Waals surface area contributed by atoms with Gasteiger partial charge in [0.05, 0.1) is 12.7 Å². The molecule has 2 aromatic rings. The van der Waals surface area contributed by atoms with Crippen LogP contribution in [0.2, 0.25) is 0 Å². The number of benzene rings is 1. The molecule has 0 fully saturated rings. The topological polar surface area (TPSA) is 76.5 Å². The fraction of sp³-hybridized carbons (Fsp3) is 0.154. The first-order chi connectivity index (χ1) is 8.56. The highest BCUT2D eigenvalue weighted by Gasteiger charge is 2.12. The summed E-state index contributed by atoms with van der Waals surface area (Å²) in [6.45, 7) is 1.75.